The summed E-state index contributed by atoms with van der Waals surface area (Å²) in [5.41, 5.74) is 0. The molecular formula is C11H20N2O5S. The molecule has 2 heterocycles. The Hall–Kier alpha value is -0.700. The molecule has 7 nitrogen and oxygen atoms in total. The van der Waals surface area contributed by atoms with Gasteiger partial charge in [0.2, 0.25) is 0 Å². The van der Waals surface area contributed by atoms with Crippen molar-refractivity contribution in [3.8, 4) is 0 Å². The third-order valence-electron chi connectivity index (χ3n) is 3.54. The van der Waals surface area contributed by atoms with Crippen molar-refractivity contribution in [2.75, 3.05) is 26.2 Å². The van der Waals surface area contributed by atoms with E-state index < -0.39 is 22.1 Å². The fraction of sp³-hybridized carbons (Fsp3) is 0.909. The maximum Gasteiger partial charge on any atom is 0.307 e. The van der Waals surface area contributed by atoms with E-state index in [-0.39, 0.29) is 25.3 Å². The summed E-state index contributed by atoms with van der Waals surface area (Å²) >= 11 is 0. The molecule has 0 aromatic heterocycles. The van der Waals surface area contributed by atoms with E-state index in [0.717, 1.165) is 0 Å². The molecule has 0 saturated carbocycles. The van der Waals surface area contributed by atoms with Crippen LogP contribution in [0.4, 0.5) is 0 Å². The number of nitrogens with zero attached hydrogens (tertiary/aromatic N) is 2. The van der Waals surface area contributed by atoms with Crippen LogP contribution in [-0.4, -0.2) is 66.5 Å². The molecular weight excluding hydrogens is 272 g/mol. The third-order valence-corrected chi connectivity index (χ3v) is 5.47. The second-order valence-corrected chi connectivity index (χ2v) is 7.19. The summed E-state index contributed by atoms with van der Waals surface area (Å²) in [4.78, 5) is 10.9. The molecule has 2 rings (SSSR count). The summed E-state index contributed by atoms with van der Waals surface area (Å²) in [5, 5.41) is 8.94. The van der Waals surface area contributed by atoms with Crippen molar-refractivity contribution in [1.82, 2.24) is 8.61 Å². The normalized spacial score (nSPS) is 34.5. The molecule has 2 fully saturated rings. The molecule has 0 aromatic carbocycles. The van der Waals surface area contributed by atoms with Crippen LogP contribution in [0.1, 0.15) is 20.3 Å². The smallest absolute Gasteiger partial charge is 0.307 e. The summed E-state index contributed by atoms with van der Waals surface area (Å²) in [5.74, 6) is -1.52. The van der Waals surface area contributed by atoms with Crippen LogP contribution in [0.25, 0.3) is 0 Å². The fourth-order valence-electron chi connectivity index (χ4n) is 2.62. The maximum absolute atomic E-state index is 12.5. The number of hydrogen-bond acceptors (Lipinski definition) is 4. The van der Waals surface area contributed by atoms with Gasteiger partial charge >= 0.3 is 5.97 Å². The molecule has 0 aliphatic carbocycles. The van der Waals surface area contributed by atoms with Gasteiger partial charge in [-0.05, 0) is 20.3 Å². The van der Waals surface area contributed by atoms with Gasteiger partial charge in [0, 0.05) is 26.2 Å². The van der Waals surface area contributed by atoms with Crippen LogP contribution in [0, 0.1) is 5.92 Å². The highest BCUT2D eigenvalue weighted by atomic mass is 32.2. The number of ether oxygens (including phenoxy) is 1. The molecule has 2 aliphatic heterocycles. The highest BCUT2D eigenvalue weighted by Gasteiger charge is 2.40. The molecule has 1 N–H and O–H groups in total. The van der Waals surface area contributed by atoms with Gasteiger partial charge in [0.25, 0.3) is 10.2 Å². The average molecular weight is 292 g/mol. The molecule has 3 atom stereocenters. The number of carboxylic acids is 1. The number of rotatable bonds is 3. The van der Waals surface area contributed by atoms with E-state index in [9.17, 15) is 13.2 Å². The van der Waals surface area contributed by atoms with Gasteiger partial charge in [0.05, 0.1) is 18.1 Å². The summed E-state index contributed by atoms with van der Waals surface area (Å²) in [6, 6.07) is 0. The van der Waals surface area contributed by atoms with Gasteiger partial charge in [0.15, 0.2) is 0 Å². The summed E-state index contributed by atoms with van der Waals surface area (Å²) in [6.45, 7) is 4.66. The second kappa shape index (κ2) is 5.35. The average Bonchev–Trinajstić information content (AvgIpc) is 2.77. The van der Waals surface area contributed by atoms with Gasteiger partial charge in [-0.3, -0.25) is 4.79 Å². The number of aliphatic carboxylic acids is 1. The van der Waals surface area contributed by atoms with E-state index in [2.05, 4.69) is 0 Å². The Morgan fingerprint density at radius 2 is 1.74 bits per heavy atom. The van der Waals surface area contributed by atoms with Crippen LogP contribution in [0.2, 0.25) is 0 Å². The first-order valence-corrected chi connectivity index (χ1v) is 7.84. The number of hydrogen-bond donors (Lipinski definition) is 1. The standard InChI is InChI=1S/C11H20N2O5S/c1-8-5-13(6-9(2)18-8)19(16,17)12-4-3-10(7-12)11(14)15/h8-10H,3-7H2,1-2H3,(H,14,15)/t8-,9+,10-/m1/s1. The monoisotopic (exact) mass is 292 g/mol. The minimum Gasteiger partial charge on any atom is -0.481 e. The highest BCUT2D eigenvalue weighted by Crippen LogP contribution is 2.24. The molecule has 0 aromatic rings. The lowest BCUT2D eigenvalue weighted by molar-refractivity contribution is -0.141. The highest BCUT2D eigenvalue weighted by molar-refractivity contribution is 7.86. The summed E-state index contributed by atoms with van der Waals surface area (Å²) in [7, 11) is -3.57. The van der Waals surface area contributed by atoms with Gasteiger partial charge < -0.3 is 9.84 Å². The molecule has 8 heteroatoms. The molecule has 0 bridgehead atoms. The quantitative estimate of drug-likeness (QED) is 0.775. The molecule has 110 valence electrons. The Bertz CT molecular complexity index is 442. The Kier molecular flexibility index (Phi) is 4.14. The van der Waals surface area contributed by atoms with Crippen LogP contribution in [0.3, 0.4) is 0 Å². The zero-order valence-corrected chi connectivity index (χ0v) is 12.0. The lowest BCUT2D eigenvalue weighted by Gasteiger charge is -2.36. The van der Waals surface area contributed by atoms with Crippen molar-refractivity contribution in [3.05, 3.63) is 0 Å². The second-order valence-electron chi connectivity index (χ2n) is 5.26. The van der Waals surface area contributed by atoms with Gasteiger partial charge in [-0.2, -0.15) is 17.0 Å². The Balaban J connectivity index is 2.08. The van der Waals surface area contributed by atoms with E-state index in [0.29, 0.717) is 19.5 Å². The van der Waals surface area contributed by atoms with Gasteiger partial charge in [-0.1, -0.05) is 0 Å². The minimum atomic E-state index is -3.57. The molecule has 0 spiro atoms. The van der Waals surface area contributed by atoms with Crippen LogP contribution in [0.5, 0.6) is 0 Å². The van der Waals surface area contributed by atoms with Crippen LogP contribution in [-0.2, 0) is 19.7 Å². The van der Waals surface area contributed by atoms with Crippen LogP contribution >= 0.6 is 0 Å². The van der Waals surface area contributed by atoms with Crippen LogP contribution < -0.4 is 0 Å². The van der Waals surface area contributed by atoms with Crippen molar-refractivity contribution in [3.63, 3.8) is 0 Å². The molecule has 0 amide bonds. The molecule has 2 saturated heterocycles. The summed E-state index contributed by atoms with van der Waals surface area (Å²) in [6.07, 6.45) is 0.0945. The lowest BCUT2D eigenvalue weighted by Crippen LogP contribution is -2.52. The lowest BCUT2D eigenvalue weighted by atomic mass is 10.1. The minimum absolute atomic E-state index is 0.0672. The summed E-state index contributed by atoms with van der Waals surface area (Å²) < 4.78 is 33.1. The number of carbonyl (C=O) groups is 1. The molecule has 0 unspecified atom stereocenters. The van der Waals surface area contributed by atoms with E-state index in [4.69, 9.17) is 9.84 Å². The van der Waals surface area contributed by atoms with Crippen molar-refractivity contribution in [1.29, 1.82) is 0 Å². The first kappa shape index (κ1) is 14.7. The van der Waals surface area contributed by atoms with Gasteiger partial charge in [-0.25, -0.2) is 0 Å². The first-order chi connectivity index (χ1) is 8.80. The Labute approximate surface area is 113 Å². The van der Waals surface area contributed by atoms with E-state index in [1.165, 1.54) is 8.61 Å². The molecule has 2 aliphatic rings. The topological polar surface area (TPSA) is 87.2 Å². The van der Waals surface area contributed by atoms with Crippen LogP contribution in [0.15, 0.2) is 0 Å². The largest absolute Gasteiger partial charge is 0.481 e. The number of morpholine rings is 1. The zero-order valence-electron chi connectivity index (χ0n) is 11.2. The molecule has 19 heavy (non-hydrogen) atoms. The predicted molar refractivity (Wildman–Crippen MR) is 67.8 cm³/mol. The Morgan fingerprint density at radius 3 is 2.21 bits per heavy atom. The van der Waals surface area contributed by atoms with Gasteiger partial charge in [-0.15, -0.1) is 0 Å². The predicted octanol–water partition coefficient (Wildman–Crippen LogP) is -0.253. The Morgan fingerprint density at radius 1 is 1.16 bits per heavy atom. The SMILES string of the molecule is C[C@@H]1CN(S(=O)(=O)N2CC[C@@H](C(=O)O)C2)C[C@H](C)O1. The third kappa shape index (κ3) is 3.07. The van der Waals surface area contributed by atoms with Crippen molar-refractivity contribution >= 4 is 16.2 Å². The first-order valence-electron chi connectivity index (χ1n) is 6.44. The van der Waals surface area contributed by atoms with Crippen molar-refractivity contribution in [2.45, 2.75) is 32.5 Å². The van der Waals surface area contributed by atoms with E-state index in [1.807, 2.05) is 13.8 Å². The van der Waals surface area contributed by atoms with Crippen molar-refractivity contribution < 1.29 is 23.1 Å². The van der Waals surface area contributed by atoms with Crippen molar-refractivity contribution in [2.24, 2.45) is 5.92 Å². The molecule has 0 radical (unpaired) electrons. The fourth-order valence-corrected chi connectivity index (χ4v) is 4.45. The van der Waals surface area contributed by atoms with Gasteiger partial charge in [0.1, 0.15) is 0 Å². The van der Waals surface area contributed by atoms with E-state index in [1.54, 1.807) is 0 Å². The zero-order chi connectivity index (χ0) is 14.2. The number of carboxylic acid groups (broad SMARTS) is 1. The van der Waals surface area contributed by atoms with E-state index >= 15 is 0 Å². The maximum atomic E-state index is 12.5.